The number of rotatable bonds is 4. The Morgan fingerprint density at radius 2 is 1.77 bits per heavy atom. The number of nitrogens with zero attached hydrogens (tertiary/aromatic N) is 1. The van der Waals surface area contributed by atoms with E-state index in [2.05, 4.69) is 4.72 Å². The first-order chi connectivity index (χ1) is 10.2. The zero-order valence-corrected chi connectivity index (χ0v) is 13.5. The molecule has 0 aliphatic heterocycles. The molecule has 0 spiro atoms. The summed E-state index contributed by atoms with van der Waals surface area (Å²) in [4.78, 5) is 10.1. The molecule has 0 saturated heterocycles. The summed E-state index contributed by atoms with van der Waals surface area (Å²) in [5, 5.41) is 11.1. The number of nitrogens with one attached hydrogen (secondary N) is 1. The van der Waals surface area contributed by atoms with Gasteiger partial charge in [-0.25, -0.2) is 8.42 Å². The van der Waals surface area contributed by atoms with Crippen LogP contribution in [0.25, 0.3) is 0 Å². The van der Waals surface area contributed by atoms with Gasteiger partial charge in [-0.15, -0.1) is 0 Å². The lowest BCUT2D eigenvalue weighted by Crippen LogP contribution is -2.13. The van der Waals surface area contributed by atoms with Crippen molar-refractivity contribution in [3.63, 3.8) is 0 Å². The molecule has 2 rings (SSSR count). The van der Waals surface area contributed by atoms with Crippen LogP contribution in [0, 0.1) is 17.0 Å². The molecule has 0 amide bonds. The topological polar surface area (TPSA) is 89.3 Å². The van der Waals surface area contributed by atoms with Crippen molar-refractivity contribution in [2.75, 3.05) is 4.72 Å². The van der Waals surface area contributed by atoms with Gasteiger partial charge in [0, 0.05) is 11.1 Å². The number of nitro groups is 1. The summed E-state index contributed by atoms with van der Waals surface area (Å²) in [7, 11) is -3.91. The minimum atomic E-state index is -3.91. The summed E-state index contributed by atoms with van der Waals surface area (Å²) in [6, 6.07) is 7.91. The van der Waals surface area contributed by atoms with Crippen molar-refractivity contribution in [3.8, 4) is 0 Å². The minimum absolute atomic E-state index is 0.0350. The summed E-state index contributed by atoms with van der Waals surface area (Å²) in [6.45, 7) is 1.74. The number of benzene rings is 2. The fourth-order valence-corrected chi connectivity index (χ4v) is 3.18. The van der Waals surface area contributed by atoms with Gasteiger partial charge >= 0.3 is 0 Å². The monoisotopic (exact) mass is 360 g/mol. The van der Waals surface area contributed by atoms with Gasteiger partial charge in [-0.2, -0.15) is 0 Å². The molecule has 2 aromatic carbocycles. The van der Waals surface area contributed by atoms with Crippen LogP contribution in [-0.4, -0.2) is 13.3 Å². The molecule has 0 radical (unpaired) electrons. The van der Waals surface area contributed by atoms with E-state index < -0.39 is 14.9 Å². The summed E-state index contributed by atoms with van der Waals surface area (Å²) in [6.07, 6.45) is 0. The fraction of sp³-hybridized carbons (Fsp3) is 0.0769. The van der Waals surface area contributed by atoms with Crippen LogP contribution in [0.1, 0.15) is 5.56 Å². The second-order valence-corrected chi connectivity index (χ2v) is 6.94. The molecule has 0 fully saturated rings. The number of halogens is 2. The molecule has 0 aliphatic rings. The smallest absolute Gasteiger partial charge is 0.279 e. The molecule has 0 unspecified atom stereocenters. The van der Waals surface area contributed by atoms with Crippen molar-refractivity contribution in [1.29, 1.82) is 0 Å². The van der Waals surface area contributed by atoms with Crippen molar-refractivity contribution in [3.05, 3.63) is 62.1 Å². The highest BCUT2D eigenvalue weighted by atomic mass is 35.5. The Bertz CT molecular complexity index is 853. The van der Waals surface area contributed by atoms with Gasteiger partial charge in [-0.05, 0) is 36.8 Å². The fourth-order valence-electron chi connectivity index (χ4n) is 1.67. The number of aryl methyl sites for hydroxylation is 1. The second kappa shape index (κ2) is 6.12. The number of sulfonamides is 1. The van der Waals surface area contributed by atoms with Gasteiger partial charge in [0.15, 0.2) is 0 Å². The summed E-state index contributed by atoms with van der Waals surface area (Å²) in [5.74, 6) is 0. The van der Waals surface area contributed by atoms with Crippen molar-refractivity contribution in [1.82, 2.24) is 0 Å². The number of nitro benzene ring substituents is 1. The summed E-state index contributed by atoms with van der Waals surface area (Å²) >= 11 is 11.6. The van der Waals surface area contributed by atoms with Gasteiger partial charge in [0.2, 0.25) is 0 Å². The maximum atomic E-state index is 12.3. The molecular formula is C13H10Cl2N2O4S. The standard InChI is InChI=1S/C13H10Cl2N2O4S/c1-8-2-4-10(7-12(8)15)22(20,21)16-9-3-5-11(14)13(6-9)17(18)19/h2-7,16H,1H3. The van der Waals surface area contributed by atoms with E-state index in [1.807, 2.05) is 0 Å². The van der Waals surface area contributed by atoms with Crippen LogP contribution in [-0.2, 0) is 10.0 Å². The third-order valence-electron chi connectivity index (χ3n) is 2.85. The first-order valence-corrected chi connectivity index (χ1v) is 8.17. The van der Waals surface area contributed by atoms with Crippen LogP contribution in [0.2, 0.25) is 10.0 Å². The Labute approximate surface area is 136 Å². The number of anilines is 1. The van der Waals surface area contributed by atoms with Gasteiger partial charge in [0.25, 0.3) is 15.7 Å². The van der Waals surface area contributed by atoms with E-state index in [0.29, 0.717) is 5.02 Å². The van der Waals surface area contributed by atoms with Crippen molar-refractivity contribution in [2.24, 2.45) is 0 Å². The van der Waals surface area contributed by atoms with E-state index >= 15 is 0 Å². The van der Waals surface area contributed by atoms with Crippen LogP contribution in [0.4, 0.5) is 11.4 Å². The summed E-state index contributed by atoms with van der Waals surface area (Å²) < 4.78 is 26.8. The van der Waals surface area contributed by atoms with Crippen molar-refractivity contribution >= 4 is 44.6 Å². The third-order valence-corrected chi connectivity index (χ3v) is 4.95. The average Bonchev–Trinajstić information content (AvgIpc) is 2.43. The molecule has 116 valence electrons. The van der Waals surface area contributed by atoms with Crippen molar-refractivity contribution < 1.29 is 13.3 Å². The highest BCUT2D eigenvalue weighted by molar-refractivity contribution is 7.92. The van der Waals surface area contributed by atoms with Crippen LogP contribution in [0.3, 0.4) is 0 Å². The van der Waals surface area contributed by atoms with E-state index in [9.17, 15) is 18.5 Å². The number of hydrogen-bond acceptors (Lipinski definition) is 4. The van der Waals surface area contributed by atoms with E-state index in [0.717, 1.165) is 11.6 Å². The Morgan fingerprint density at radius 3 is 2.36 bits per heavy atom. The molecule has 0 heterocycles. The first kappa shape index (κ1) is 16.5. The lowest BCUT2D eigenvalue weighted by molar-refractivity contribution is -0.384. The van der Waals surface area contributed by atoms with E-state index in [1.54, 1.807) is 13.0 Å². The highest BCUT2D eigenvalue weighted by Crippen LogP contribution is 2.29. The van der Waals surface area contributed by atoms with Gasteiger partial charge in [0.05, 0.1) is 15.5 Å². The van der Waals surface area contributed by atoms with Gasteiger partial charge in [0.1, 0.15) is 5.02 Å². The molecule has 0 aliphatic carbocycles. The Morgan fingerprint density at radius 1 is 1.09 bits per heavy atom. The third kappa shape index (κ3) is 3.49. The molecular weight excluding hydrogens is 351 g/mol. The molecule has 1 N–H and O–H groups in total. The predicted octanol–water partition coefficient (Wildman–Crippen LogP) is 4.01. The molecule has 6 nitrogen and oxygen atoms in total. The second-order valence-electron chi connectivity index (χ2n) is 4.44. The van der Waals surface area contributed by atoms with Crippen LogP contribution in [0.15, 0.2) is 41.3 Å². The lowest BCUT2D eigenvalue weighted by atomic mass is 10.2. The Hall–Kier alpha value is -1.83. The van der Waals surface area contributed by atoms with Gasteiger partial charge in [-0.1, -0.05) is 29.3 Å². The Balaban J connectivity index is 2.38. The average molecular weight is 361 g/mol. The van der Waals surface area contributed by atoms with Gasteiger partial charge < -0.3 is 0 Å². The van der Waals surface area contributed by atoms with E-state index in [4.69, 9.17) is 23.2 Å². The quantitative estimate of drug-likeness (QED) is 0.658. The van der Waals surface area contributed by atoms with E-state index in [-0.39, 0.29) is 21.3 Å². The molecule has 0 atom stereocenters. The van der Waals surface area contributed by atoms with Crippen LogP contribution < -0.4 is 4.72 Å². The number of hydrogen-bond donors (Lipinski definition) is 1. The lowest BCUT2D eigenvalue weighted by Gasteiger charge is -2.09. The summed E-state index contributed by atoms with van der Waals surface area (Å²) in [5.41, 5.74) is 0.388. The zero-order valence-electron chi connectivity index (χ0n) is 11.2. The molecule has 0 bridgehead atoms. The van der Waals surface area contributed by atoms with Crippen molar-refractivity contribution in [2.45, 2.75) is 11.8 Å². The molecule has 2 aromatic rings. The predicted molar refractivity (Wildman–Crippen MR) is 85.1 cm³/mol. The van der Waals surface area contributed by atoms with Crippen LogP contribution >= 0.6 is 23.2 Å². The highest BCUT2D eigenvalue weighted by Gasteiger charge is 2.18. The maximum Gasteiger partial charge on any atom is 0.289 e. The zero-order chi connectivity index (χ0) is 16.5. The molecule has 0 aromatic heterocycles. The molecule has 22 heavy (non-hydrogen) atoms. The SMILES string of the molecule is Cc1ccc(S(=O)(=O)Nc2ccc(Cl)c([N+](=O)[O-])c2)cc1Cl. The Kier molecular flexibility index (Phi) is 4.60. The normalized spacial score (nSPS) is 11.2. The molecule has 9 heteroatoms. The first-order valence-electron chi connectivity index (χ1n) is 5.93. The maximum absolute atomic E-state index is 12.3. The van der Waals surface area contributed by atoms with Gasteiger partial charge in [-0.3, -0.25) is 14.8 Å². The minimum Gasteiger partial charge on any atom is -0.279 e. The largest absolute Gasteiger partial charge is 0.289 e. The van der Waals surface area contributed by atoms with Crippen LogP contribution in [0.5, 0.6) is 0 Å². The molecule has 0 saturated carbocycles. The van der Waals surface area contributed by atoms with E-state index in [1.165, 1.54) is 24.3 Å².